The van der Waals surface area contributed by atoms with Gasteiger partial charge in [-0.3, -0.25) is 13.9 Å². The zero-order chi connectivity index (χ0) is 31.5. The van der Waals surface area contributed by atoms with E-state index in [1.54, 1.807) is 43.5 Å². The van der Waals surface area contributed by atoms with Crippen LogP contribution >= 0.6 is 0 Å². The van der Waals surface area contributed by atoms with Gasteiger partial charge in [-0.2, -0.15) is 0 Å². The number of ether oxygens (including phenoxy) is 2. The van der Waals surface area contributed by atoms with Crippen LogP contribution in [0.25, 0.3) is 0 Å². The van der Waals surface area contributed by atoms with Gasteiger partial charge in [0.05, 0.1) is 19.1 Å². The van der Waals surface area contributed by atoms with Crippen molar-refractivity contribution >= 4 is 27.5 Å². The molecule has 3 aromatic rings. The summed E-state index contributed by atoms with van der Waals surface area (Å²) in [6, 6.07) is 22.9. The van der Waals surface area contributed by atoms with Crippen LogP contribution in [-0.2, 0) is 32.8 Å². The average Bonchev–Trinajstić information content (AvgIpc) is 3.03. The van der Waals surface area contributed by atoms with Crippen LogP contribution in [0.2, 0.25) is 0 Å². The quantitative estimate of drug-likeness (QED) is 0.262. The minimum Gasteiger partial charge on any atom is -0.497 e. The molecular weight excluding hydrogens is 578 g/mol. The molecule has 44 heavy (non-hydrogen) atoms. The molecule has 0 heterocycles. The zero-order valence-corrected chi connectivity index (χ0v) is 26.6. The van der Waals surface area contributed by atoms with Gasteiger partial charge in [-0.05, 0) is 66.8 Å². The van der Waals surface area contributed by atoms with E-state index in [4.69, 9.17) is 9.47 Å². The molecule has 4 rings (SSSR count). The lowest BCUT2D eigenvalue weighted by Gasteiger charge is -2.34. The lowest BCUT2D eigenvalue weighted by molar-refractivity contribution is -0.140. The normalized spacial score (nSPS) is 14.3. The third-order valence-electron chi connectivity index (χ3n) is 7.90. The van der Waals surface area contributed by atoms with Crippen LogP contribution in [0.5, 0.6) is 11.5 Å². The monoisotopic (exact) mass is 621 g/mol. The fraction of sp³-hybridized carbons (Fsp3) is 0.412. The Labute approximate surface area is 261 Å². The van der Waals surface area contributed by atoms with E-state index in [1.807, 2.05) is 49.4 Å². The standard InChI is InChI=1S/C34H43N3O6S/c1-4-32(34(39)35-28-13-9-6-10-14-28)36(23-26-15-19-30(42-2)20-16-26)33(38)24-37(44(3,40)41)29-17-21-31(22-18-29)43-25-27-11-7-5-8-12-27/h5,7-8,11-12,15-22,28,32H,4,6,9-10,13-14,23-25H2,1-3H3,(H,35,39)/t32-/m0/s1. The maximum absolute atomic E-state index is 14.0. The van der Waals surface area contributed by atoms with Gasteiger partial charge in [0.2, 0.25) is 21.8 Å². The Morgan fingerprint density at radius 3 is 2.11 bits per heavy atom. The largest absolute Gasteiger partial charge is 0.497 e. The van der Waals surface area contributed by atoms with Crippen molar-refractivity contribution in [1.82, 2.24) is 10.2 Å². The molecule has 0 saturated heterocycles. The molecule has 0 radical (unpaired) electrons. The van der Waals surface area contributed by atoms with Crippen molar-refractivity contribution < 1.29 is 27.5 Å². The zero-order valence-electron chi connectivity index (χ0n) is 25.8. The predicted molar refractivity (Wildman–Crippen MR) is 172 cm³/mol. The summed E-state index contributed by atoms with van der Waals surface area (Å²) in [4.78, 5) is 29.1. The third kappa shape index (κ3) is 9.22. The van der Waals surface area contributed by atoms with E-state index in [1.165, 1.54) is 4.90 Å². The molecule has 0 spiro atoms. The first-order valence-corrected chi connectivity index (χ1v) is 17.0. The van der Waals surface area contributed by atoms with Gasteiger partial charge in [0.1, 0.15) is 30.7 Å². The molecule has 3 aromatic carbocycles. The van der Waals surface area contributed by atoms with Gasteiger partial charge in [-0.15, -0.1) is 0 Å². The second kappa shape index (κ2) is 15.6. The molecule has 1 saturated carbocycles. The highest BCUT2D eigenvalue weighted by Gasteiger charge is 2.32. The number of nitrogens with zero attached hydrogens (tertiary/aromatic N) is 2. The first kappa shape index (κ1) is 32.9. The van der Waals surface area contributed by atoms with Gasteiger partial charge in [-0.25, -0.2) is 8.42 Å². The summed E-state index contributed by atoms with van der Waals surface area (Å²) in [6.45, 7) is 1.92. The molecule has 1 fully saturated rings. The van der Waals surface area contributed by atoms with Gasteiger partial charge in [0.15, 0.2) is 0 Å². The SMILES string of the molecule is CC[C@@H](C(=O)NC1CCCCC1)N(Cc1ccc(OC)cc1)C(=O)CN(c1ccc(OCc2ccccc2)cc1)S(C)(=O)=O. The van der Waals surface area contributed by atoms with E-state index in [2.05, 4.69) is 5.32 Å². The Hall–Kier alpha value is -4.05. The molecule has 0 unspecified atom stereocenters. The number of amides is 2. The maximum atomic E-state index is 14.0. The van der Waals surface area contributed by atoms with Crippen molar-refractivity contribution in [3.63, 3.8) is 0 Å². The maximum Gasteiger partial charge on any atom is 0.244 e. The first-order valence-electron chi connectivity index (χ1n) is 15.1. The molecule has 0 aliphatic heterocycles. The lowest BCUT2D eigenvalue weighted by Crippen LogP contribution is -2.53. The van der Waals surface area contributed by atoms with Gasteiger partial charge >= 0.3 is 0 Å². The summed E-state index contributed by atoms with van der Waals surface area (Å²) >= 11 is 0. The number of anilines is 1. The fourth-order valence-corrected chi connectivity index (χ4v) is 6.30. The van der Waals surface area contributed by atoms with E-state index >= 15 is 0 Å². The number of nitrogens with one attached hydrogen (secondary N) is 1. The highest BCUT2D eigenvalue weighted by molar-refractivity contribution is 7.92. The van der Waals surface area contributed by atoms with Crippen molar-refractivity contribution in [3.05, 3.63) is 90.0 Å². The molecule has 1 N–H and O–H groups in total. The van der Waals surface area contributed by atoms with Crippen LogP contribution in [0.15, 0.2) is 78.9 Å². The van der Waals surface area contributed by atoms with E-state index in [9.17, 15) is 18.0 Å². The second-order valence-electron chi connectivity index (χ2n) is 11.2. The molecular formula is C34H43N3O6S. The average molecular weight is 622 g/mol. The highest BCUT2D eigenvalue weighted by Crippen LogP contribution is 2.24. The van der Waals surface area contributed by atoms with Crippen molar-refractivity contribution in [3.8, 4) is 11.5 Å². The Morgan fingerprint density at radius 1 is 0.886 bits per heavy atom. The summed E-state index contributed by atoms with van der Waals surface area (Å²) < 4.78 is 38.2. The summed E-state index contributed by atoms with van der Waals surface area (Å²) in [5, 5.41) is 3.16. The number of rotatable bonds is 14. The Balaban J connectivity index is 1.55. The van der Waals surface area contributed by atoms with Crippen LogP contribution in [-0.4, -0.2) is 57.1 Å². The Bertz CT molecular complexity index is 1460. The number of hydrogen-bond donors (Lipinski definition) is 1. The van der Waals surface area contributed by atoms with Crippen molar-refractivity contribution in [1.29, 1.82) is 0 Å². The number of carbonyl (C=O) groups is 2. The second-order valence-corrected chi connectivity index (χ2v) is 13.1. The summed E-state index contributed by atoms with van der Waals surface area (Å²) in [5.74, 6) is 0.561. The van der Waals surface area contributed by atoms with Crippen LogP contribution < -0.4 is 19.1 Å². The van der Waals surface area contributed by atoms with Crippen LogP contribution in [0.3, 0.4) is 0 Å². The summed E-state index contributed by atoms with van der Waals surface area (Å²) in [5.41, 5.74) is 2.14. The van der Waals surface area contributed by atoms with Crippen molar-refractivity contribution in [2.75, 3.05) is 24.2 Å². The predicted octanol–water partition coefficient (Wildman–Crippen LogP) is 5.30. The minimum absolute atomic E-state index is 0.0818. The van der Waals surface area contributed by atoms with Gasteiger partial charge in [0.25, 0.3) is 0 Å². The van der Waals surface area contributed by atoms with Gasteiger partial charge in [0, 0.05) is 12.6 Å². The molecule has 9 nitrogen and oxygen atoms in total. The molecule has 1 atom stereocenters. The van der Waals surface area contributed by atoms with Gasteiger partial charge < -0.3 is 19.7 Å². The number of carbonyl (C=O) groups excluding carboxylic acids is 2. The number of hydrogen-bond acceptors (Lipinski definition) is 6. The number of sulfonamides is 1. The van der Waals surface area contributed by atoms with Gasteiger partial charge in [-0.1, -0.05) is 68.7 Å². The van der Waals surface area contributed by atoms with E-state index < -0.39 is 28.5 Å². The number of benzene rings is 3. The molecule has 2 amide bonds. The van der Waals surface area contributed by atoms with Crippen molar-refractivity contribution in [2.45, 2.75) is 70.7 Å². The topological polar surface area (TPSA) is 105 Å². The van der Waals surface area contributed by atoms with E-state index in [-0.39, 0.29) is 18.5 Å². The Morgan fingerprint density at radius 2 is 1.52 bits per heavy atom. The highest BCUT2D eigenvalue weighted by atomic mass is 32.2. The Kier molecular flexibility index (Phi) is 11.7. The number of methoxy groups -OCH3 is 1. The molecule has 1 aliphatic carbocycles. The molecule has 10 heteroatoms. The van der Waals surface area contributed by atoms with Crippen LogP contribution in [0.4, 0.5) is 5.69 Å². The van der Waals surface area contributed by atoms with Crippen LogP contribution in [0.1, 0.15) is 56.6 Å². The lowest BCUT2D eigenvalue weighted by atomic mass is 9.95. The molecule has 236 valence electrons. The first-order chi connectivity index (χ1) is 21.2. The molecule has 0 aromatic heterocycles. The molecule has 1 aliphatic rings. The smallest absolute Gasteiger partial charge is 0.244 e. The summed E-state index contributed by atoms with van der Waals surface area (Å²) in [7, 11) is -2.27. The summed E-state index contributed by atoms with van der Waals surface area (Å²) in [6.07, 6.45) is 6.58. The van der Waals surface area contributed by atoms with Crippen LogP contribution in [0, 0.1) is 0 Å². The van der Waals surface area contributed by atoms with E-state index in [0.29, 0.717) is 30.2 Å². The minimum atomic E-state index is -3.84. The molecule has 0 bridgehead atoms. The third-order valence-corrected chi connectivity index (χ3v) is 9.04. The van der Waals surface area contributed by atoms with Crippen molar-refractivity contribution in [2.24, 2.45) is 0 Å². The van der Waals surface area contributed by atoms with E-state index in [0.717, 1.165) is 53.8 Å². The fourth-order valence-electron chi connectivity index (χ4n) is 5.45.